The van der Waals surface area contributed by atoms with E-state index in [-0.39, 0.29) is 5.57 Å². The molecule has 19 heavy (non-hydrogen) atoms. The molecule has 0 atom stereocenters. The SMILES string of the molecule is COC(=O)/C(C#N)=C\c1c(C)nn(CC(C)C)c1Cl. The number of carbonyl (C=O) groups is 1. The minimum Gasteiger partial charge on any atom is -0.465 e. The third-order valence-electron chi connectivity index (χ3n) is 2.46. The van der Waals surface area contributed by atoms with Crippen molar-refractivity contribution in [2.24, 2.45) is 5.92 Å². The minimum absolute atomic E-state index is 0.100. The molecule has 1 aromatic heterocycles. The number of aryl methyl sites for hydroxylation is 1. The highest BCUT2D eigenvalue weighted by atomic mass is 35.5. The highest BCUT2D eigenvalue weighted by molar-refractivity contribution is 6.31. The molecule has 0 amide bonds. The summed E-state index contributed by atoms with van der Waals surface area (Å²) < 4.78 is 6.19. The Kier molecular flexibility index (Phi) is 5.13. The van der Waals surface area contributed by atoms with Crippen molar-refractivity contribution in [1.82, 2.24) is 9.78 Å². The van der Waals surface area contributed by atoms with Gasteiger partial charge in [0.2, 0.25) is 0 Å². The Hall–Kier alpha value is -1.80. The van der Waals surface area contributed by atoms with E-state index in [1.807, 2.05) is 0 Å². The highest BCUT2D eigenvalue weighted by Gasteiger charge is 2.16. The Bertz CT molecular complexity index is 553. The fourth-order valence-corrected chi connectivity index (χ4v) is 1.89. The number of methoxy groups -OCH3 is 1. The molecule has 5 nitrogen and oxygen atoms in total. The molecule has 102 valence electrons. The zero-order chi connectivity index (χ0) is 14.6. The number of carbonyl (C=O) groups excluding carboxylic acids is 1. The van der Waals surface area contributed by atoms with E-state index in [2.05, 4.69) is 23.7 Å². The average molecular weight is 282 g/mol. The van der Waals surface area contributed by atoms with Gasteiger partial charge >= 0.3 is 5.97 Å². The van der Waals surface area contributed by atoms with Crippen LogP contribution in [0.4, 0.5) is 0 Å². The molecule has 0 unspecified atom stereocenters. The lowest BCUT2D eigenvalue weighted by molar-refractivity contribution is -0.135. The van der Waals surface area contributed by atoms with E-state index in [1.54, 1.807) is 17.7 Å². The van der Waals surface area contributed by atoms with Crippen LogP contribution in [-0.4, -0.2) is 22.9 Å². The molecule has 0 aromatic carbocycles. The van der Waals surface area contributed by atoms with Crippen LogP contribution < -0.4 is 0 Å². The van der Waals surface area contributed by atoms with Crippen molar-refractivity contribution in [3.8, 4) is 6.07 Å². The van der Waals surface area contributed by atoms with Gasteiger partial charge in [0.25, 0.3) is 0 Å². The number of aromatic nitrogens is 2. The fraction of sp³-hybridized carbons (Fsp3) is 0.462. The van der Waals surface area contributed by atoms with Crippen molar-refractivity contribution in [3.63, 3.8) is 0 Å². The van der Waals surface area contributed by atoms with E-state index in [9.17, 15) is 4.79 Å². The van der Waals surface area contributed by atoms with E-state index in [1.165, 1.54) is 13.2 Å². The van der Waals surface area contributed by atoms with Crippen molar-refractivity contribution in [2.75, 3.05) is 7.11 Å². The number of hydrogen-bond acceptors (Lipinski definition) is 4. The number of ether oxygens (including phenoxy) is 1. The van der Waals surface area contributed by atoms with Gasteiger partial charge in [-0.1, -0.05) is 25.4 Å². The smallest absolute Gasteiger partial charge is 0.348 e. The van der Waals surface area contributed by atoms with Crippen LogP contribution in [0.3, 0.4) is 0 Å². The average Bonchev–Trinajstić information content (AvgIpc) is 2.60. The van der Waals surface area contributed by atoms with Crippen LogP contribution in [-0.2, 0) is 16.1 Å². The van der Waals surface area contributed by atoms with Gasteiger partial charge < -0.3 is 4.74 Å². The topological polar surface area (TPSA) is 67.9 Å². The second-order valence-electron chi connectivity index (χ2n) is 4.53. The Balaban J connectivity index is 3.22. The minimum atomic E-state index is -0.686. The summed E-state index contributed by atoms with van der Waals surface area (Å²) in [5.41, 5.74) is 1.14. The summed E-state index contributed by atoms with van der Waals surface area (Å²) in [4.78, 5) is 11.4. The lowest BCUT2D eigenvalue weighted by Crippen LogP contribution is -2.06. The molecule has 0 aliphatic carbocycles. The van der Waals surface area contributed by atoms with Crippen LogP contribution in [0.25, 0.3) is 6.08 Å². The number of nitrogens with zero attached hydrogens (tertiary/aromatic N) is 3. The van der Waals surface area contributed by atoms with Crippen LogP contribution in [0.1, 0.15) is 25.1 Å². The van der Waals surface area contributed by atoms with Gasteiger partial charge in [0, 0.05) is 12.1 Å². The van der Waals surface area contributed by atoms with Crippen molar-refractivity contribution in [2.45, 2.75) is 27.3 Å². The van der Waals surface area contributed by atoms with Gasteiger partial charge in [-0.05, 0) is 18.9 Å². The molecule has 0 saturated carbocycles. The van der Waals surface area contributed by atoms with Crippen LogP contribution in [0.2, 0.25) is 5.15 Å². The molecule has 0 aliphatic rings. The van der Waals surface area contributed by atoms with Gasteiger partial charge in [-0.2, -0.15) is 10.4 Å². The van der Waals surface area contributed by atoms with E-state index in [4.69, 9.17) is 16.9 Å². The van der Waals surface area contributed by atoms with Gasteiger partial charge in [-0.25, -0.2) is 4.79 Å². The van der Waals surface area contributed by atoms with Gasteiger partial charge in [-0.3, -0.25) is 4.68 Å². The van der Waals surface area contributed by atoms with Gasteiger partial charge in [0.1, 0.15) is 16.8 Å². The summed E-state index contributed by atoms with van der Waals surface area (Å²) in [5, 5.41) is 13.7. The number of esters is 1. The Morgan fingerprint density at radius 3 is 2.74 bits per heavy atom. The predicted octanol–water partition coefficient (Wildman–Crippen LogP) is 2.58. The summed E-state index contributed by atoms with van der Waals surface area (Å²) >= 11 is 6.22. The molecular weight excluding hydrogens is 266 g/mol. The van der Waals surface area contributed by atoms with Crippen molar-refractivity contribution in [3.05, 3.63) is 22.0 Å². The number of halogens is 1. The normalized spacial score (nSPS) is 11.5. The Labute approximate surface area is 117 Å². The Morgan fingerprint density at radius 1 is 1.63 bits per heavy atom. The lowest BCUT2D eigenvalue weighted by Gasteiger charge is -2.05. The first-order chi connectivity index (χ1) is 8.90. The lowest BCUT2D eigenvalue weighted by atomic mass is 10.1. The standard InChI is InChI=1S/C13H16ClN3O2/c1-8(2)7-17-12(14)11(9(3)16-17)5-10(6-15)13(18)19-4/h5,8H,7H2,1-4H3/b10-5-. The highest BCUT2D eigenvalue weighted by Crippen LogP contribution is 2.23. The second-order valence-corrected chi connectivity index (χ2v) is 4.89. The van der Waals surface area contributed by atoms with Crippen LogP contribution in [0.5, 0.6) is 0 Å². The summed E-state index contributed by atoms with van der Waals surface area (Å²) in [7, 11) is 1.23. The zero-order valence-electron chi connectivity index (χ0n) is 11.4. The molecule has 6 heteroatoms. The molecular formula is C13H16ClN3O2. The summed E-state index contributed by atoms with van der Waals surface area (Å²) in [6.45, 7) is 6.56. The van der Waals surface area contributed by atoms with E-state index in [0.29, 0.717) is 28.9 Å². The maximum absolute atomic E-state index is 11.4. The van der Waals surface area contributed by atoms with Gasteiger partial charge in [-0.15, -0.1) is 0 Å². The van der Waals surface area contributed by atoms with Crippen LogP contribution in [0.15, 0.2) is 5.57 Å². The number of nitriles is 1. The maximum Gasteiger partial charge on any atom is 0.348 e. The first kappa shape index (κ1) is 15.3. The van der Waals surface area contributed by atoms with Crippen LogP contribution >= 0.6 is 11.6 Å². The third kappa shape index (κ3) is 3.58. The maximum atomic E-state index is 11.4. The summed E-state index contributed by atoms with van der Waals surface area (Å²) in [6.07, 6.45) is 1.41. The first-order valence-electron chi connectivity index (χ1n) is 5.83. The zero-order valence-corrected chi connectivity index (χ0v) is 12.2. The molecule has 0 radical (unpaired) electrons. The molecule has 0 aliphatic heterocycles. The molecule has 0 saturated heterocycles. The molecule has 0 bridgehead atoms. The molecule has 0 spiro atoms. The van der Waals surface area contributed by atoms with E-state index < -0.39 is 5.97 Å². The fourth-order valence-electron chi connectivity index (χ4n) is 1.59. The molecule has 1 rings (SSSR count). The van der Waals surface area contributed by atoms with Gasteiger partial charge in [0.05, 0.1) is 12.8 Å². The second kappa shape index (κ2) is 6.39. The molecule has 0 N–H and O–H groups in total. The summed E-state index contributed by atoms with van der Waals surface area (Å²) in [6, 6.07) is 1.80. The van der Waals surface area contributed by atoms with Crippen molar-refractivity contribution < 1.29 is 9.53 Å². The van der Waals surface area contributed by atoms with Gasteiger partial charge in [0.15, 0.2) is 0 Å². The quantitative estimate of drug-likeness (QED) is 0.483. The Morgan fingerprint density at radius 2 is 2.26 bits per heavy atom. The van der Waals surface area contributed by atoms with E-state index >= 15 is 0 Å². The summed E-state index contributed by atoms with van der Waals surface area (Å²) in [5.74, 6) is -0.292. The predicted molar refractivity (Wildman–Crippen MR) is 72.4 cm³/mol. The first-order valence-corrected chi connectivity index (χ1v) is 6.21. The number of hydrogen-bond donors (Lipinski definition) is 0. The third-order valence-corrected chi connectivity index (χ3v) is 2.86. The molecule has 1 heterocycles. The monoisotopic (exact) mass is 281 g/mol. The molecule has 0 fully saturated rings. The number of rotatable bonds is 4. The van der Waals surface area contributed by atoms with Crippen molar-refractivity contribution >= 4 is 23.6 Å². The van der Waals surface area contributed by atoms with Crippen LogP contribution in [0, 0.1) is 24.2 Å². The van der Waals surface area contributed by atoms with E-state index in [0.717, 1.165) is 0 Å². The largest absolute Gasteiger partial charge is 0.465 e. The molecule has 1 aromatic rings. The van der Waals surface area contributed by atoms with Crippen molar-refractivity contribution in [1.29, 1.82) is 5.26 Å².